The second-order valence-corrected chi connectivity index (χ2v) is 7.47. The second kappa shape index (κ2) is 9.87. The van der Waals surface area contributed by atoms with E-state index in [9.17, 15) is 14.4 Å². The van der Waals surface area contributed by atoms with Gasteiger partial charge in [-0.1, -0.05) is 42.5 Å². The van der Waals surface area contributed by atoms with Crippen LogP contribution in [-0.4, -0.2) is 35.7 Å². The highest BCUT2D eigenvalue weighted by atomic mass is 16.2. The third kappa shape index (κ3) is 6.17. The lowest BCUT2D eigenvalue weighted by molar-refractivity contribution is -0.134. The maximum Gasteiger partial charge on any atom is 0.227 e. The first kappa shape index (κ1) is 20.6. The number of nitrogens with zero attached hydrogens (tertiary/aromatic N) is 1. The molecule has 0 saturated carbocycles. The number of nitrogens with one attached hydrogen (secondary N) is 1. The Morgan fingerprint density at radius 3 is 2.21 bits per heavy atom. The molecule has 0 unspecified atom stereocenters. The van der Waals surface area contributed by atoms with Crippen LogP contribution in [0.4, 0.5) is 5.69 Å². The molecule has 6 nitrogen and oxygen atoms in total. The minimum Gasteiger partial charge on any atom is -0.369 e. The molecule has 29 heavy (non-hydrogen) atoms. The fraction of sp³-hybridized carbons (Fsp3) is 0.348. The zero-order chi connectivity index (χ0) is 20.6. The van der Waals surface area contributed by atoms with Crippen molar-refractivity contribution < 1.29 is 14.4 Å². The van der Waals surface area contributed by atoms with Crippen molar-refractivity contribution >= 4 is 23.4 Å². The maximum atomic E-state index is 12.5. The highest BCUT2D eigenvalue weighted by Gasteiger charge is 2.27. The Kier molecular flexibility index (Phi) is 7.00. The number of likely N-dealkylation sites (tertiary alicyclic amines) is 1. The van der Waals surface area contributed by atoms with E-state index in [0.717, 1.165) is 17.5 Å². The van der Waals surface area contributed by atoms with Crippen LogP contribution in [0.25, 0.3) is 0 Å². The summed E-state index contributed by atoms with van der Waals surface area (Å²) in [4.78, 5) is 37.8. The normalized spacial score (nSPS) is 14.4. The largest absolute Gasteiger partial charge is 0.369 e. The number of hydrogen-bond donors (Lipinski definition) is 2. The smallest absolute Gasteiger partial charge is 0.227 e. The molecule has 152 valence electrons. The average molecular weight is 393 g/mol. The first-order valence-corrected chi connectivity index (χ1v) is 10.0. The van der Waals surface area contributed by atoms with E-state index < -0.39 is 0 Å². The number of nitrogens with two attached hydrogens (primary N) is 1. The van der Waals surface area contributed by atoms with E-state index >= 15 is 0 Å². The number of benzene rings is 2. The van der Waals surface area contributed by atoms with Gasteiger partial charge in [-0.2, -0.15) is 0 Å². The van der Waals surface area contributed by atoms with Crippen molar-refractivity contribution in [2.75, 3.05) is 18.4 Å². The Labute approximate surface area is 171 Å². The quantitative estimate of drug-likeness (QED) is 0.757. The van der Waals surface area contributed by atoms with Gasteiger partial charge in [0.15, 0.2) is 0 Å². The second-order valence-electron chi connectivity index (χ2n) is 7.47. The summed E-state index contributed by atoms with van der Waals surface area (Å²) in [6.07, 6.45) is 2.76. The molecule has 1 aliphatic heterocycles. The summed E-state index contributed by atoms with van der Waals surface area (Å²) >= 11 is 0. The van der Waals surface area contributed by atoms with Gasteiger partial charge in [0, 0.05) is 31.1 Å². The van der Waals surface area contributed by atoms with Crippen LogP contribution >= 0.6 is 0 Å². The van der Waals surface area contributed by atoms with Crippen LogP contribution < -0.4 is 11.1 Å². The molecule has 3 amide bonds. The molecule has 0 aromatic heterocycles. The standard InChI is InChI=1S/C23H27N3O3/c24-21(27)16-18-6-9-20(10-7-18)25-23(29)19-12-14-26(15-13-19)22(28)11-8-17-4-2-1-3-5-17/h1-7,9-10,19H,8,11-16H2,(H2,24,27)(H,25,29). The van der Waals surface area contributed by atoms with Crippen molar-refractivity contribution in [1.82, 2.24) is 4.90 Å². The summed E-state index contributed by atoms with van der Waals surface area (Å²) in [7, 11) is 0. The first-order valence-electron chi connectivity index (χ1n) is 10.0. The minimum atomic E-state index is -0.383. The summed E-state index contributed by atoms with van der Waals surface area (Å²) in [5.41, 5.74) is 7.87. The van der Waals surface area contributed by atoms with E-state index in [4.69, 9.17) is 5.73 Å². The lowest BCUT2D eigenvalue weighted by Crippen LogP contribution is -2.41. The van der Waals surface area contributed by atoms with Gasteiger partial charge in [-0.05, 0) is 42.5 Å². The van der Waals surface area contributed by atoms with Crippen LogP contribution in [0.5, 0.6) is 0 Å². The van der Waals surface area contributed by atoms with Crippen LogP contribution in [0.2, 0.25) is 0 Å². The molecule has 0 atom stereocenters. The predicted octanol–water partition coefficient (Wildman–Crippen LogP) is 2.52. The molecule has 2 aromatic carbocycles. The summed E-state index contributed by atoms with van der Waals surface area (Å²) in [5, 5.41) is 2.92. The van der Waals surface area contributed by atoms with E-state index in [1.807, 2.05) is 35.2 Å². The van der Waals surface area contributed by atoms with Gasteiger partial charge < -0.3 is 16.0 Å². The molecular weight excluding hydrogens is 366 g/mol. The number of primary amides is 1. The topological polar surface area (TPSA) is 92.5 Å². The third-order valence-corrected chi connectivity index (χ3v) is 5.29. The zero-order valence-electron chi connectivity index (χ0n) is 16.5. The Bertz CT molecular complexity index is 841. The molecule has 0 radical (unpaired) electrons. The molecule has 2 aromatic rings. The highest BCUT2D eigenvalue weighted by molar-refractivity contribution is 5.92. The van der Waals surface area contributed by atoms with E-state index in [1.165, 1.54) is 0 Å². The van der Waals surface area contributed by atoms with Crippen LogP contribution in [0.1, 0.15) is 30.4 Å². The van der Waals surface area contributed by atoms with E-state index in [2.05, 4.69) is 5.32 Å². The molecule has 1 heterocycles. The molecule has 1 saturated heterocycles. The minimum absolute atomic E-state index is 0.0240. The first-order chi connectivity index (χ1) is 14.0. The lowest BCUT2D eigenvalue weighted by Gasteiger charge is -2.31. The number of carbonyl (C=O) groups excluding carboxylic acids is 3. The van der Waals surface area contributed by atoms with Gasteiger partial charge in [-0.15, -0.1) is 0 Å². The maximum absolute atomic E-state index is 12.5. The summed E-state index contributed by atoms with van der Waals surface area (Å²) in [6.45, 7) is 1.23. The van der Waals surface area contributed by atoms with Crippen molar-refractivity contribution in [2.45, 2.75) is 32.1 Å². The fourth-order valence-electron chi connectivity index (χ4n) is 3.60. The highest BCUT2D eigenvalue weighted by Crippen LogP contribution is 2.21. The van der Waals surface area contributed by atoms with Gasteiger partial charge in [-0.25, -0.2) is 0 Å². The molecule has 0 spiro atoms. The van der Waals surface area contributed by atoms with Gasteiger partial charge in [0.1, 0.15) is 0 Å². The van der Waals surface area contributed by atoms with Gasteiger partial charge in [0.05, 0.1) is 6.42 Å². The lowest BCUT2D eigenvalue weighted by atomic mass is 9.95. The molecular formula is C23H27N3O3. The van der Waals surface area contributed by atoms with Gasteiger partial charge >= 0.3 is 0 Å². The van der Waals surface area contributed by atoms with Crippen molar-refractivity contribution in [3.8, 4) is 0 Å². The van der Waals surface area contributed by atoms with E-state index in [1.54, 1.807) is 24.3 Å². The molecule has 3 N–H and O–H groups in total. The molecule has 1 aliphatic rings. The van der Waals surface area contributed by atoms with Gasteiger partial charge in [0.25, 0.3) is 0 Å². The number of carbonyl (C=O) groups is 3. The monoisotopic (exact) mass is 393 g/mol. The Morgan fingerprint density at radius 2 is 1.59 bits per heavy atom. The Morgan fingerprint density at radius 1 is 0.931 bits per heavy atom. The van der Waals surface area contributed by atoms with Crippen molar-refractivity contribution in [3.63, 3.8) is 0 Å². The molecule has 0 bridgehead atoms. The summed E-state index contributed by atoms with van der Waals surface area (Å²) in [5.74, 6) is -0.355. The average Bonchev–Trinajstić information content (AvgIpc) is 2.74. The predicted molar refractivity (Wildman–Crippen MR) is 112 cm³/mol. The van der Waals surface area contributed by atoms with Crippen molar-refractivity contribution in [3.05, 3.63) is 65.7 Å². The number of anilines is 1. The van der Waals surface area contributed by atoms with E-state index in [-0.39, 0.29) is 30.1 Å². The summed E-state index contributed by atoms with van der Waals surface area (Å²) in [6, 6.07) is 17.1. The van der Waals surface area contributed by atoms with Gasteiger partial charge in [0.2, 0.25) is 17.7 Å². The SMILES string of the molecule is NC(=O)Cc1ccc(NC(=O)C2CCN(C(=O)CCc3ccccc3)CC2)cc1. The Hall–Kier alpha value is -3.15. The van der Waals surface area contributed by atoms with Crippen LogP contribution in [0.15, 0.2) is 54.6 Å². The number of amides is 3. The van der Waals surface area contributed by atoms with E-state index in [0.29, 0.717) is 38.0 Å². The van der Waals surface area contributed by atoms with Gasteiger partial charge in [-0.3, -0.25) is 14.4 Å². The zero-order valence-corrected chi connectivity index (χ0v) is 16.5. The molecule has 3 rings (SSSR count). The van der Waals surface area contributed by atoms with Crippen LogP contribution in [-0.2, 0) is 27.2 Å². The molecule has 6 heteroatoms. The van der Waals surface area contributed by atoms with Crippen molar-refractivity contribution in [2.24, 2.45) is 11.7 Å². The Balaban J connectivity index is 1.43. The van der Waals surface area contributed by atoms with Crippen LogP contribution in [0, 0.1) is 5.92 Å². The number of hydrogen-bond acceptors (Lipinski definition) is 3. The number of piperidine rings is 1. The molecule has 0 aliphatic carbocycles. The van der Waals surface area contributed by atoms with Crippen molar-refractivity contribution in [1.29, 1.82) is 0 Å². The molecule has 1 fully saturated rings. The van der Waals surface area contributed by atoms with Crippen LogP contribution in [0.3, 0.4) is 0 Å². The third-order valence-electron chi connectivity index (χ3n) is 5.29. The number of aryl methyl sites for hydroxylation is 1. The summed E-state index contributed by atoms with van der Waals surface area (Å²) < 4.78 is 0. The fourth-order valence-corrected chi connectivity index (χ4v) is 3.60. The number of rotatable bonds is 7.